The summed E-state index contributed by atoms with van der Waals surface area (Å²) < 4.78 is 29.5. The quantitative estimate of drug-likeness (QED) is 0.499. The zero-order valence-electron chi connectivity index (χ0n) is 13.9. The smallest absolute Gasteiger partial charge is 0.267 e. The van der Waals surface area contributed by atoms with Crippen LogP contribution in [0.2, 0.25) is 0 Å². The third-order valence-corrected chi connectivity index (χ3v) is 3.99. The Morgan fingerprint density at radius 3 is 2.69 bits per heavy atom. The summed E-state index contributed by atoms with van der Waals surface area (Å²) >= 11 is 0. The molecule has 6 heteroatoms. The number of hydrogen-bond acceptors (Lipinski definition) is 5. The van der Waals surface area contributed by atoms with Gasteiger partial charge < -0.3 is 13.6 Å². The highest BCUT2D eigenvalue weighted by atomic mass is 19.1. The molecule has 0 saturated carbocycles. The van der Waals surface area contributed by atoms with Gasteiger partial charge in [0, 0.05) is 12.6 Å². The first-order chi connectivity index (χ1) is 12.7. The van der Waals surface area contributed by atoms with Crippen molar-refractivity contribution in [3.8, 4) is 5.75 Å². The summed E-state index contributed by atoms with van der Waals surface area (Å²) in [5.74, 6) is 0.332. The molecule has 1 aromatic carbocycles. The van der Waals surface area contributed by atoms with Crippen LogP contribution in [0.1, 0.15) is 27.6 Å². The summed E-state index contributed by atoms with van der Waals surface area (Å²) in [6.07, 6.45) is 2.05. The Morgan fingerprint density at radius 1 is 1.12 bits per heavy atom. The van der Waals surface area contributed by atoms with Crippen molar-refractivity contribution >= 4 is 16.9 Å². The first kappa shape index (κ1) is 16.1. The first-order valence-corrected chi connectivity index (χ1v) is 7.95. The molecular formula is C20H14FNO4. The van der Waals surface area contributed by atoms with Gasteiger partial charge in [0.2, 0.25) is 5.76 Å². The molecule has 0 saturated heterocycles. The van der Waals surface area contributed by atoms with Gasteiger partial charge in [-0.3, -0.25) is 4.79 Å². The highest BCUT2D eigenvalue weighted by Gasteiger charge is 2.25. The van der Waals surface area contributed by atoms with Gasteiger partial charge in [0.25, 0.3) is 5.78 Å². The lowest BCUT2D eigenvalue weighted by atomic mass is 10.1. The number of rotatable bonds is 5. The van der Waals surface area contributed by atoms with Gasteiger partial charge in [0.15, 0.2) is 22.6 Å². The van der Waals surface area contributed by atoms with E-state index in [-0.39, 0.29) is 23.1 Å². The summed E-state index contributed by atoms with van der Waals surface area (Å²) in [5, 5.41) is 0. The van der Waals surface area contributed by atoms with Crippen molar-refractivity contribution in [2.75, 3.05) is 7.11 Å². The molecule has 0 atom stereocenters. The lowest BCUT2D eigenvalue weighted by Gasteiger charge is -2.00. The number of hydrogen-bond donors (Lipinski definition) is 0. The summed E-state index contributed by atoms with van der Waals surface area (Å²) in [6.45, 7) is 0. The topological polar surface area (TPSA) is 65.5 Å². The van der Waals surface area contributed by atoms with E-state index in [0.29, 0.717) is 23.3 Å². The fourth-order valence-corrected chi connectivity index (χ4v) is 2.76. The molecule has 3 aromatic heterocycles. The minimum atomic E-state index is -0.426. The number of halogens is 1. The van der Waals surface area contributed by atoms with Gasteiger partial charge in [-0.15, -0.1) is 0 Å². The Bertz CT molecular complexity index is 1080. The number of carbonyl (C=O) groups excluding carboxylic acids is 1. The average molecular weight is 351 g/mol. The van der Waals surface area contributed by atoms with Crippen LogP contribution in [0.5, 0.6) is 5.75 Å². The molecule has 4 aromatic rings. The van der Waals surface area contributed by atoms with Crippen molar-refractivity contribution < 1.29 is 22.8 Å². The van der Waals surface area contributed by atoms with Gasteiger partial charge in [-0.05, 0) is 42.0 Å². The van der Waals surface area contributed by atoms with Gasteiger partial charge in [-0.2, -0.15) is 0 Å². The van der Waals surface area contributed by atoms with Crippen LogP contribution in [0.15, 0.2) is 63.6 Å². The second kappa shape index (κ2) is 6.48. The highest BCUT2D eigenvalue weighted by Crippen LogP contribution is 2.33. The molecule has 130 valence electrons. The number of pyridine rings is 1. The van der Waals surface area contributed by atoms with E-state index in [1.165, 1.54) is 19.2 Å². The Morgan fingerprint density at radius 2 is 1.92 bits per heavy atom. The standard InChI is InChI=1S/C20H14FNO4/c1-24-19-17-15(3-2-10-22-17)26-20(19)18(23)16-9-8-14(25-16)11-12-4-6-13(21)7-5-12/h2-10H,11H2,1H3. The van der Waals surface area contributed by atoms with Crippen LogP contribution < -0.4 is 4.74 Å². The molecule has 0 unspecified atom stereocenters. The fraction of sp³-hybridized carbons (Fsp3) is 0.100. The van der Waals surface area contributed by atoms with Gasteiger partial charge >= 0.3 is 0 Å². The molecule has 26 heavy (non-hydrogen) atoms. The van der Waals surface area contributed by atoms with E-state index in [0.717, 1.165) is 5.56 Å². The largest absolute Gasteiger partial charge is 0.491 e. The average Bonchev–Trinajstić information content (AvgIpc) is 3.27. The normalized spacial score (nSPS) is 11.0. The second-order valence-corrected chi connectivity index (χ2v) is 5.71. The molecule has 0 fully saturated rings. The highest BCUT2D eigenvalue weighted by molar-refractivity contribution is 6.10. The Hall–Kier alpha value is -3.41. The number of carbonyl (C=O) groups is 1. The number of aromatic nitrogens is 1. The first-order valence-electron chi connectivity index (χ1n) is 7.95. The fourth-order valence-electron chi connectivity index (χ4n) is 2.76. The lowest BCUT2D eigenvalue weighted by Crippen LogP contribution is -2.00. The van der Waals surface area contributed by atoms with E-state index in [9.17, 15) is 9.18 Å². The van der Waals surface area contributed by atoms with Crippen LogP contribution in [0.3, 0.4) is 0 Å². The molecule has 0 N–H and O–H groups in total. The molecule has 0 aliphatic rings. The predicted molar refractivity (Wildman–Crippen MR) is 91.9 cm³/mol. The Balaban J connectivity index is 1.63. The maximum atomic E-state index is 13.0. The van der Waals surface area contributed by atoms with Crippen molar-refractivity contribution in [1.82, 2.24) is 4.98 Å². The molecule has 0 aliphatic heterocycles. The molecule has 5 nitrogen and oxygen atoms in total. The Labute approximate surface area is 148 Å². The van der Waals surface area contributed by atoms with Gasteiger partial charge in [-0.25, -0.2) is 9.37 Å². The van der Waals surface area contributed by atoms with Crippen molar-refractivity contribution in [3.05, 3.63) is 83.4 Å². The molecule has 3 heterocycles. The van der Waals surface area contributed by atoms with Crippen LogP contribution in [-0.4, -0.2) is 17.9 Å². The van der Waals surface area contributed by atoms with E-state index >= 15 is 0 Å². The minimum Gasteiger partial charge on any atom is -0.491 e. The predicted octanol–water partition coefficient (Wildman–Crippen LogP) is 4.39. The van der Waals surface area contributed by atoms with Gasteiger partial charge in [0.1, 0.15) is 11.6 Å². The Kier molecular flexibility index (Phi) is 4.01. The number of ketones is 1. The number of ether oxygens (including phenoxy) is 1. The van der Waals surface area contributed by atoms with Crippen molar-refractivity contribution in [2.45, 2.75) is 6.42 Å². The molecule has 0 spiro atoms. The zero-order chi connectivity index (χ0) is 18.1. The monoisotopic (exact) mass is 351 g/mol. The third kappa shape index (κ3) is 2.86. The molecule has 0 aliphatic carbocycles. The van der Waals surface area contributed by atoms with Gasteiger partial charge in [0.05, 0.1) is 7.11 Å². The van der Waals surface area contributed by atoms with E-state index in [2.05, 4.69) is 4.98 Å². The number of fused-ring (bicyclic) bond motifs is 1. The van der Waals surface area contributed by atoms with Crippen molar-refractivity contribution in [3.63, 3.8) is 0 Å². The van der Waals surface area contributed by atoms with E-state index in [1.807, 2.05) is 0 Å². The van der Waals surface area contributed by atoms with Crippen LogP contribution in [-0.2, 0) is 6.42 Å². The summed E-state index contributed by atoms with van der Waals surface area (Å²) in [4.78, 5) is 16.9. The molecule has 0 amide bonds. The van der Waals surface area contributed by atoms with E-state index in [4.69, 9.17) is 13.6 Å². The second-order valence-electron chi connectivity index (χ2n) is 5.71. The van der Waals surface area contributed by atoms with Crippen molar-refractivity contribution in [1.29, 1.82) is 0 Å². The maximum Gasteiger partial charge on any atom is 0.267 e. The third-order valence-electron chi connectivity index (χ3n) is 3.99. The summed E-state index contributed by atoms with van der Waals surface area (Å²) in [7, 11) is 1.46. The molecule has 0 bridgehead atoms. The lowest BCUT2D eigenvalue weighted by molar-refractivity contribution is 0.0979. The summed E-state index contributed by atoms with van der Waals surface area (Å²) in [5.41, 5.74) is 1.83. The van der Waals surface area contributed by atoms with Crippen LogP contribution in [0.4, 0.5) is 4.39 Å². The van der Waals surface area contributed by atoms with E-state index < -0.39 is 5.78 Å². The van der Waals surface area contributed by atoms with Crippen LogP contribution in [0.25, 0.3) is 11.1 Å². The number of methoxy groups -OCH3 is 1. The van der Waals surface area contributed by atoms with Crippen LogP contribution >= 0.6 is 0 Å². The SMILES string of the molecule is COc1c(C(=O)c2ccc(Cc3ccc(F)cc3)o2)oc2cccnc12. The van der Waals surface area contributed by atoms with E-state index in [1.54, 1.807) is 42.6 Å². The minimum absolute atomic E-state index is 0.0453. The van der Waals surface area contributed by atoms with Crippen molar-refractivity contribution in [2.24, 2.45) is 0 Å². The number of benzene rings is 1. The number of nitrogens with zero attached hydrogens (tertiary/aromatic N) is 1. The van der Waals surface area contributed by atoms with Gasteiger partial charge in [-0.1, -0.05) is 12.1 Å². The summed E-state index contributed by atoms with van der Waals surface area (Å²) in [6, 6.07) is 12.8. The van der Waals surface area contributed by atoms with Crippen LogP contribution in [0, 0.1) is 5.82 Å². The zero-order valence-corrected chi connectivity index (χ0v) is 13.9. The maximum absolute atomic E-state index is 13.0. The number of furan rings is 2. The molecule has 4 rings (SSSR count). The molecular weight excluding hydrogens is 337 g/mol. The molecule has 0 radical (unpaired) electrons.